The minimum atomic E-state index is -4.62. The van der Waals surface area contributed by atoms with Gasteiger partial charge in [-0.3, -0.25) is 9.59 Å². The number of hydrogen-bond acceptors (Lipinski definition) is 5. The van der Waals surface area contributed by atoms with Crippen molar-refractivity contribution < 1.29 is 22.8 Å². The van der Waals surface area contributed by atoms with E-state index in [1.54, 1.807) is 30.3 Å². The molecule has 2 aliphatic heterocycles. The molecule has 6 rings (SSSR count). The van der Waals surface area contributed by atoms with Crippen LogP contribution in [0.1, 0.15) is 78.0 Å². The van der Waals surface area contributed by atoms with Gasteiger partial charge in [-0.05, 0) is 85.4 Å². The summed E-state index contributed by atoms with van der Waals surface area (Å²) in [4.78, 5) is 29.2. The first kappa shape index (κ1) is 29.9. The highest BCUT2D eigenvalue weighted by molar-refractivity contribution is 6.10. The van der Waals surface area contributed by atoms with Gasteiger partial charge in [-0.25, -0.2) is 0 Å². The number of halogens is 3. The zero-order valence-electron chi connectivity index (χ0n) is 25.0. The fourth-order valence-electron chi connectivity index (χ4n) is 7.27. The summed E-state index contributed by atoms with van der Waals surface area (Å²) in [6.07, 6.45) is 0.425. The Morgan fingerprint density at radius 1 is 1.20 bits per heavy atom. The Bertz CT molecular complexity index is 1660. The summed E-state index contributed by atoms with van der Waals surface area (Å²) >= 11 is 0. The summed E-state index contributed by atoms with van der Waals surface area (Å²) in [7, 11) is 1.90. The molecule has 2 aromatic carbocycles. The van der Waals surface area contributed by atoms with Crippen LogP contribution in [0.4, 0.5) is 18.9 Å². The van der Waals surface area contributed by atoms with Gasteiger partial charge in [0.1, 0.15) is 12.2 Å². The number of carbonyl (C=O) groups is 2. The molecule has 8 nitrogen and oxygen atoms in total. The Morgan fingerprint density at radius 2 is 2.00 bits per heavy atom. The third-order valence-corrected chi connectivity index (χ3v) is 9.23. The second kappa shape index (κ2) is 11.4. The van der Waals surface area contributed by atoms with Crippen LogP contribution < -0.4 is 10.2 Å². The molecular formula is C33H35F3N6O2. The lowest BCUT2D eigenvalue weighted by Gasteiger charge is -2.46. The molecular weight excluding hydrogens is 569 g/mol. The Balaban J connectivity index is 1.25. The van der Waals surface area contributed by atoms with Gasteiger partial charge in [0.25, 0.3) is 11.8 Å². The van der Waals surface area contributed by atoms with E-state index in [4.69, 9.17) is 0 Å². The summed E-state index contributed by atoms with van der Waals surface area (Å²) in [5.74, 6) is 5.82. The van der Waals surface area contributed by atoms with E-state index < -0.39 is 17.6 Å². The topological polar surface area (TPSA) is 83.4 Å². The van der Waals surface area contributed by atoms with Crippen LogP contribution in [0.3, 0.4) is 0 Å². The number of rotatable bonds is 7. The van der Waals surface area contributed by atoms with Crippen molar-refractivity contribution in [1.29, 1.82) is 0 Å². The molecule has 0 unspecified atom stereocenters. The maximum absolute atomic E-state index is 14.3. The number of aryl methyl sites for hydroxylation is 1. The molecule has 2 fully saturated rings. The van der Waals surface area contributed by atoms with Gasteiger partial charge in [-0.1, -0.05) is 25.0 Å². The third-order valence-electron chi connectivity index (χ3n) is 9.23. The monoisotopic (exact) mass is 604 g/mol. The number of aromatic nitrogens is 3. The van der Waals surface area contributed by atoms with Crippen LogP contribution in [-0.4, -0.2) is 50.6 Å². The molecule has 1 atom stereocenters. The maximum Gasteiger partial charge on any atom is 0.416 e. The van der Waals surface area contributed by atoms with Crippen LogP contribution >= 0.6 is 0 Å². The van der Waals surface area contributed by atoms with Crippen LogP contribution in [0.25, 0.3) is 0 Å². The van der Waals surface area contributed by atoms with Crippen molar-refractivity contribution in [2.75, 3.05) is 18.0 Å². The quantitative estimate of drug-likeness (QED) is 0.392. The minimum Gasteiger partial charge on any atom is -0.328 e. The maximum atomic E-state index is 14.3. The van der Waals surface area contributed by atoms with Crippen molar-refractivity contribution in [2.45, 2.75) is 70.3 Å². The van der Waals surface area contributed by atoms with E-state index in [0.717, 1.165) is 43.1 Å². The SMILES string of the molecule is CC#CC(=O)N1CCC[C@@H]1CNCc1cc2c(c(C(F)(F)F)c1)CN(c1cccc(C3(c4nncn4C)CC(C)C3)c1)C2=O. The fraction of sp³-hybridized carbons (Fsp3) is 0.455. The summed E-state index contributed by atoms with van der Waals surface area (Å²) in [5.41, 5.74) is 0.791. The van der Waals surface area contributed by atoms with E-state index in [9.17, 15) is 22.8 Å². The van der Waals surface area contributed by atoms with Crippen LogP contribution in [0.2, 0.25) is 0 Å². The Kier molecular flexibility index (Phi) is 7.74. The first-order valence-electron chi connectivity index (χ1n) is 15.0. The van der Waals surface area contributed by atoms with E-state index in [-0.39, 0.29) is 41.6 Å². The molecule has 3 aromatic rings. The number of benzene rings is 2. The Labute approximate surface area is 254 Å². The van der Waals surface area contributed by atoms with Gasteiger partial charge in [-0.15, -0.1) is 10.2 Å². The molecule has 0 spiro atoms. The van der Waals surface area contributed by atoms with Gasteiger partial charge in [0.2, 0.25) is 0 Å². The molecule has 0 radical (unpaired) electrons. The molecule has 1 saturated carbocycles. The number of nitrogens with zero attached hydrogens (tertiary/aromatic N) is 5. The van der Waals surface area contributed by atoms with Crippen LogP contribution in [0.5, 0.6) is 0 Å². The lowest BCUT2D eigenvalue weighted by atomic mass is 9.58. The highest BCUT2D eigenvalue weighted by Gasteiger charge is 2.48. The molecule has 3 aliphatic rings. The second-order valence-corrected chi connectivity index (χ2v) is 12.3. The van der Waals surface area contributed by atoms with Gasteiger partial charge in [0.15, 0.2) is 0 Å². The molecule has 2 amide bonds. The smallest absolute Gasteiger partial charge is 0.328 e. The number of hydrogen-bond donors (Lipinski definition) is 1. The number of nitrogens with one attached hydrogen (secondary N) is 1. The lowest BCUT2D eigenvalue weighted by Crippen LogP contribution is -2.43. The minimum absolute atomic E-state index is 0.0114. The zero-order valence-corrected chi connectivity index (χ0v) is 25.0. The number of carbonyl (C=O) groups excluding carboxylic acids is 2. The summed E-state index contributed by atoms with van der Waals surface area (Å²) in [5, 5.41) is 11.7. The van der Waals surface area contributed by atoms with Crippen molar-refractivity contribution in [3.05, 3.63) is 76.4 Å². The predicted octanol–water partition coefficient (Wildman–Crippen LogP) is 4.81. The molecule has 1 saturated heterocycles. The standard InChI is InChI=1S/C33H35F3N6O2/c1-4-7-29(43)41-11-6-10-25(41)18-37-17-22-12-26-27(28(13-22)33(34,35)36)19-42(30(26)44)24-9-5-8-23(14-24)32(15-21(2)16-32)31-39-38-20-40(31)3/h5,8-9,12-14,20-21,25,37H,6,10-11,15-19H2,1-3H3/t21?,25-,32?/m1/s1. The van der Waals surface area contributed by atoms with Gasteiger partial charge >= 0.3 is 6.18 Å². The van der Waals surface area contributed by atoms with Crippen LogP contribution in [-0.2, 0) is 36.5 Å². The molecule has 1 aliphatic carbocycles. The van der Waals surface area contributed by atoms with Gasteiger partial charge in [-0.2, -0.15) is 13.2 Å². The van der Waals surface area contributed by atoms with Crippen molar-refractivity contribution >= 4 is 17.5 Å². The average Bonchev–Trinajstić information content (AvgIpc) is 3.70. The Hall–Kier alpha value is -4.17. The molecule has 1 aromatic heterocycles. The van der Waals surface area contributed by atoms with E-state index in [2.05, 4.69) is 34.3 Å². The summed E-state index contributed by atoms with van der Waals surface area (Å²) in [6.45, 7) is 4.79. The number of anilines is 1. The number of alkyl halides is 3. The molecule has 230 valence electrons. The first-order valence-corrected chi connectivity index (χ1v) is 15.0. The number of likely N-dealkylation sites (tertiary alicyclic amines) is 1. The fourth-order valence-corrected chi connectivity index (χ4v) is 7.27. The van der Waals surface area contributed by atoms with E-state index in [0.29, 0.717) is 30.3 Å². The van der Waals surface area contributed by atoms with Crippen molar-refractivity contribution in [3.63, 3.8) is 0 Å². The van der Waals surface area contributed by atoms with Crippen LogP contribution in [0, 0.1) is 17.8 Å². The van der Waals surface area contributed by atoms with E-state index >= 15 is 0 Å². The molecule has 3 heterocycles. The van der Waals surface area contributed by atoms with Crippen molar-refractivity contribution in [1.82, 2.24) is 25.0 Å². The first-order chi connectivity index (χ1) is 21.0. The van der Waals surface area contributed by atoms with Crippen LogP contribution in [0.15, 0.2) is 42.7 Å². The third kappa shape index (κ3) is 5.25. The average molecular weight is 605 g/mol. The molecule has 44 heavy (non-hydrogen) atoms. The normalized spacial score (nSPS) is 22.9. The largest absolute Gasteiger partial charge is 0.416 e. The van der Waals surface area contributed by atoms with Gasteiger partial charge in [0.05, 0.1) is 17.5 Å². The second-order valence-electron chi connectivity index (χ2n) is 12.3. The van der Waals surface area contributed by atoms with Gasteiger partial charge in [0, 0.05) is 44.0 Å². The van der Waals surface area contributed by atoms with E-state index in [1.165, 1.54) is 4.90 Å². The van der Waals surface area contributed by atoms with Gasteiger partial charge < -0.3 is 19.7 Å². The molecule has 0 bridgehead atoms. The molecule has 1 N–H and O–H groups in total. The van der Waals surface area contributed by atoms with E-state index in [1.807, 2.05) is 29.8 Å². The molecule has 11 heteroatoms. The predicted molar refractivity (Wildman–Crippen MR) is 158 cm³/mol. The highest BCUT2D eigenvalue weighted by Crippen LogP contribution is 2.52. The number of amides is 2. The lowest BCUT2D eigenvalue weighted by molar-refractivity contribution is -0.138. The number of fused-ring (bicyclic) bond motifs is 1. The van der Waals surface area contributed by atoms with Crippen molar-refractivity contribution in [2.24, 2.45) is 13.0 Å². The highest BCUT2D eigenvalue weighted by atomic mass is 19.4. The summed E-state index contributed by atoms with van der Waals surface area (Å²) in [6, 6.07) is 10.2. The summed E-state index contributed by atoms with van der Waals surface area (Å²) < 4.78 is 44.9. The Morgan fingerprint density at radius 3 is 2.68 bits per heavy atom. The zero-order chi connectivity index (χ0) is 31.2. The van der Waals surface area contributed by atoms with Crippen molar-refractivity contribution in [3.8, 4) is 11.8 Å².